The second-order valence-electron chi connectivity index (χ2n) is 5.57. The maximum Gasteiger partial charge on any atom is 0.224 e. The average Bonchev–Trinajstić information content (AvgIpc) is 3.29. The number of amides is 1. The van der Waals surface area contributed by atoms with E-state index in [1.165, 1.54) is 5.39 Å². The summed E-state index contributed by atoms with van der Waals surface area (Å²) in [5.74, 6) is 0.371. The Bertz CT molecular complexity index is 619. The van der Waals surface area contributed by atoms with Crippen molar-refractivity contribution in [2.45, 2.75) is 25.4 Å². The van der Waals surface area contributed by atoms with E-state index in [1.807, 2.05) is 36.4 Å². The van der Waals surface area contributed by atoms with Gasteiger partial charge in [-0.1, -0.05) is 42.5 Å². The van der Waals surface area contributed by atoms with E-state index in [-0.39, 0.29) is 12.0 Å². The molecule has 1 unspecified atom stereocenters. The number of carbonyl (C=O) groups is 1. The lowest BCUT2D eigenvalue weighted by Crippen LogP contribution is -2.34. The van der Waals surface area contributed by atoms with Crippen molar-refractivity contribution in [3.63, 3.8) is 0 Å². The first-order chi connectivity index (χ1) is 9.72. The fourth-order valence-electron chi connectivity index (χ4n) is 2.46. The van der Waals surface area contributed by atoms with Gasteiger partial charge in [0.25, 0.3) is 0 Å². The Balaban J connectivity index is 1.58. The van der Waals surface area contributed by atoms with Crippen LogP contribution >= 0.6 is 0 Å². The van der Waals surface area contributed by atoms with Crippen LogP contribution in [0.15, 0.2) is 42.5 Å². The van der Waals surface area contributed by atoms with E-state index in [4.69, 9.17) is 0 Å². The lowest BCUT2D eigenvalue weighted by atomic mass is 10.0. The van der Waals surface area contributed by atoms with Gasteiger partial charge in [-0.25, -0.2) is 0 Å². The monoisotopic (exact) mass is 269 g/mol. The predicted octanol–water partition coefficient (Wildman–Crippen LogP) is 2.27. The molecule has 0 spiro atoms. The van der Waals surface area contributed by atoms with E-state index in [9.17, 15) is 9.90 Å². The number of aliphatic hydroxyl groups is 1. The molecule has 1 aliphatic carbocycles. The van der Waals surface area contributed by atoms with Gasteiger partial charge in [0.1, 0.15) is 0 Å². The van der Waals surface area contributed by atoms with Gasteiger partial charge >= 0.3 is 0 Å². The van der Waals surface area contributed by atoms with Crippen molar-refractivity contribution in [3.05, 3.63) is 48.0 Å². The van der Waals surface area contributed by atoms with Gasteiger partial charge in [-0.3, -0.25) is 4.79 Å². The topological polar surface area (TPSA) is 49.3 Å². The summed E-state index contributed by atoms with van der Waals surface area (Å²) in [6.07, 6.45) is 2.15. The molecule has 0 heterocycles. The Morgan fingerprint density at radius 3 is 2.70 bits per heavy atom. The molecule has 0 aromatic heterocycles. The van der Waals surface area contributed by atoms with Gasteiger partial charge in [-0.15, -0.1) is 0 Å². The molecule has 1 fully saturated rings. The molecule has 3 rings (SSSR count). The Morgan fingerprint density at radius 2 is 1.95 bits per heavy atom. The maximum absolute atomic E-state index is 11.9. The first kappa shape index (κ1) is 13.1. The van der Waals surface area contributed by atoms with E-state index in [0.29, 0.717) is 18.9 Å². The van der Waals surface area contributed by atoms with Crippen molar-refractivity contribution in [2.24, 2.45) is 5.92 Å². The summed E-state index contributed by atoms with van der Waals surface area (Å²) in [6, 6.07) is 14.2. The van der Waals surface area contributed by atoms with E-state index in [2.05, 4.69) is 11.4 Å². The molecule has 1 aliphatic rings. The SMILES string of the molecule is O=C(Cc1ccc2ccccc2c1)NCC(O)C1CC1. The van der Waals surface area contributed by atoms with Crippen molar-refractivity contribution >= 4 is 16.7 Å². The van der Waals surface area contributed by atoms with Crippen molar-refractivity contribution < 1.29 is 9.90 Å². The molecule has 1 atom stereocenters. The zero-order valence-electron chi connectivity index (χ0n) is 11.4. The van der Waals surface area contributed by atoms with Gasteiger partial charge in [-0.05, 0) is 35.1 Å². The average molecular weight is 269 g/mol. The van der Waals surface area contributed by atoms with Crippen LogP contribution in [-0.2, 0) is 11.2 Å². The summed E-state index contributed by atoms with van der Waals surface area (Å²) in [4.78, 5) is 11.9. The first-order valence-electron chi connectivity index (χ1n) is 7.15. The van der Waals surface area contributed by atoms with Gasteiger partial charge in [0.15, 0.2) is 0 Å². The highest BCUT2D eigenvalue weighted by molar-refractivity contribution is 5.85. The zero-order chi connectivity index (χ0) is 13.9. The zero-order valence-corrected chi connectivity index (χ0v) is 11.4. The predicted molar refractivity (Wildman–Crippen MR) is 79.4 cm³/mol. The summed E-state index contributed by atoms with van der Waals surface area (Å²) in [5, 5.41) is 14.9. The van der Waals surface area contributed by atoms with Gasteiger partial charge < -0.3 is 10.4 Å². The van der Waals surface area contributed by atoms with Crippen LogP contribution in [0.3, 0.4) is 0 Å². The largest absolute Gasteiger partial charge is 0.391 e. The first-order valence-corrected chi connectivity index (χ1v) is 7.15. The highest BCUT2D eigenvalue weighted by Gasteiger charge is 2.29. The molecule has 3 heteroatoms. The summed E-state index contributed by atoms with van der Waals surface area (Å²) >= 11 is 0. The van der Waals surface area contributed by atoms with Gasteiger partial charge in [0.2, 0.25) is 5.91 Å². The van der Waals surface area contributed by atoms with Crippen molar-refractivity contribution in [2.75, 3.05) is 6.54 Å². The summed E-state index contributed by atoms with van der Waals surface area (Å²) in [7, 11) is 0. The van der Waals surface area contributed by atoms with Gasteiger partial charge in [0, 0.05) is 6.54 Å². The minimum absolute atomic E-state index is 0.0278. The Morgan fingerprint density at radius 1 is 1.20 bits per heavy atom. The normalized spacial score (nSPS) is 16.1. The number of rotatable bonds is 5. The molecule has 1 saturated carbocycles. The number of aliphatic hydroxyl groups excluding tert-OH is 1. The van der Waals surface area contributed by atoms with Crippen LogP contribution in [0.1, 0.15) is 18.4 Å². The van der Waals surface area contributed by atoms with E-state index in [1.54, 1.807) is 0 Å². The van der Waals surface area contributed by atoms with Crippen LogP contribution in [0.4, 0.5) is 0 Å². The molecule has 2 aromatic rings. The molecule has 1 amide bonds. The Kier molecular flexibility index (Phi) is 3.70. The lowest BCUT2D eigenvalue weighted by molar-refractivity contribution is -0.120. The summed E-state index contributed by atoms with van der Waals surface area (Å²) in [5.41, 5.74) is 1.00. The number of hydrogen-bond acceptors (Lipinski definition) is 2. The molecule has 0 radical (unpaired) electrons. The quantitative estimate of drug-likeness (QED) is 0.875. The molecule has 0 aliphatic heterocycles. The van der Waals surface area contributed by atoms with Crippen LogP contribution in [0.5, 0.6) is 0 Å². The highest BCUT2D eigenvalue weighted by atomic mass is 16.3. The van der Waals surface area contributed by atoms with E-state index < -0.39 is 0 Å². The number of benzene rings is 2. The molecule has 20 heavy (non-hydrogen) atoms. The summed E-state index contributed by atoms with van der Waals surface area (Å²) < 4.78 is 0. The molecular weight excluding hydrogens is 250 g/mol. The molecule has 2 aromatic carbocycles. The van der Waals surface area contributed by atoms with Crippen molar-refractivity contribution in [1.82, 2.24) is 5.32 Å². The number of fused-ring (bicyclic) bond motifs is 1. The van der Waals surface area contributed by atoms with Crippen LogP contribution in [0, 0.1) is 5.92 Å². The minimum Gasteiger partial charge on any atom is -0.391 e. The van der Waals surface area contributed by atoms with Crippen LogP contribution < -0.4 is 5.32 Å². The van der Waals surface area contributed by atoms with Crippen LogP contribution in [0.25, 0.3) is 10.8 Å². The molecule has 3 nitrogen and oxygen atoms in total. The van der Waals surface area contributed by atoms with Crippen molar-refractivity contribution in [3.8, 4) is 0 Å². The fourth-order valence-corrected chi connectivity index (χ4v) is 2.46. The summed E-state index contributed by atoms with van der Waals surface area (Å²) in [6.45, 7) is 0.372. The third-order valence-electron chi connectivity index (χ3n) is 3.85. The van der Waals surface area contributed by atoms with Gasteiger partial charge in [0.05, 0.1) is 12.5 Å². The number of hydrogen-bond donors (Lipinski definition) is 2. The van der Waals surface area contributed by atoms with Gasteiger partial charge in [-0.2, -0.15) is 0 Å². The Hall–Kier alpha value is -1.87. The third-order valence-corrected chi connectivity index (χ3v) is 3.85. The van der Waals surface area contributed by atoms with Crippen molar-refractivity contribution in [1.29, 1.82) is 0 Å². The minimum atomic E-state index is -0.379. The fraction of sp³-hybridized carbons (Fsp3) is 0.353. The third kappa shape index (κ3) is 3.17. The van der Waals surface area contributed by atoms with E-state index >= 15 is 0 Å². The molecule has 0 bridgehead atoms. The standard InChI is InChI=1S/C17H19NO2/c19-16(14-7-8-14)11-18-17(20)10-12-5-6-13-3-1-2-4-15(13)9-12/h1-6,9,14,16,19H,7-8,10-11H2,(H,18,20). The molecule has 2 N–H and O–H groups in total. The number of nitrogens with one attached hydrogen (secondary N) is 1. The van der Waals surface area contributed by atoms with E-state index in [0.717, 1.165) is 23.8 Å². The van der Waals surface area contributed by atoms with Crippen LogP contribution in [-0.4, -0.2) is 23.7 Å². The molecular formula is C17H19NO2. The smallest absolute Gasteiger partial charge is 0.224 e. The molecule has 104 valence electrons. The second kappa shape index (κ2) is 5.63. The maximum atomic E-state index is 11.9. The van der Waals surface area contributed by atoms with Crippen LogP contribution in [0.2, 0.25) is 0 Å². The Labute approximate surface area is 118 Å². The highest BCUT2D eigenvalue weighted by Crippen LogP contribution is 2.32. The lowest BCUT2D eigenvalue weighted by Gasteiger charge is -2.10. The number of carbonyl (C=O) groups excluding carboxylic acids is 1. The second-order valence-corrected chi connectivity index (χ2v) is 5.57. The molecule has 0 saturated heterocycles.